The number of rotatable bonds is 3. The van der Waals surface area contributed by atoms with Crippen molar-refractivity contribution in [2.45, 2.75) is 13.0 Å². The van der Waals surface area contributed by atoms with Crippen LogP contribution in [0.1, 0.15) is 22.9 Å². The number of nitrogens with one attached hydrogen (secondary N) is 1. The zero-order valence-corrected chi connectivity index (χ0v) is 11.4. The lowest BCUT2D eigenvalue weighted by Crippen LogP contribution is -2.29. The molecule has 3 aromatic rings. The van der Waals surface area contributed by atoms with Crippen LogP contribution in [0.25, 0.3) is 10.8 Å². The SMILES string of the molecule is Cc1ccc(C(NN)c2cccc3ccccc23)cn1. The summed E-state index contributed by atoms with van der Waals surface area (Å²) in [5, 5.41) is 2.42. The van der Waals surface area contributed by atoms with E-state index >= 15 is 0 Å². The molecule has 1 aromatic heterocycles. The number of aryl methyl sites for hydroxylation is 1. The first kappa shape index (κ1) is 12.8. The van der Waals surface area contributed by atoms with Crippen molar-refractivity contribution in [2.75, 3.05) is 0 Å². The van der Waals surface area contributed by atoms with Gasteiger partial charge in [-0.3, -0.25) is 10.8 Å². The van der Waals surface area contributed by atoms with Crippen LogP contribution in [0.3, 0.4) is 0 Å². The monoisotopic (exact) mass is 263 g/mol. The van der Waals surface area contributed by atoms with Gasteiger partial charge in [-0.05, 0) is 34.9 Å². The number of aromatic nitrogens is 1. The van der Waals surface area contributed by atoms with E-state index in [-0.39, 0.29) is 6.04 Å². The van der Waals surface area contributed by atoms with Gasteiger partial charge in [0.1, 0.15) is 0 Å². The Morgan fingerprint density at radius 1 is 1.00 bits per heavy atom. The molecule has 100 valence electrons. The fourth-order valence-electron chi connectivity index (χ4n) is 2.52. The number of nitrogens with two attached hydrogens (primary N) is 1. The summed E-state index contributed by atoms with van der Waals surface area (Å²) in [6.07, 6.45) is 1.88. The van der Waals surface area contributed by atoms with Crippen LogP contribution in [0.5, 0.6) is 0 Å². The molecule has 0 amide bonds. The summed E-state index contributed by atoms with van der Waals surface area (Å²) in [5.74, 6) is 5.79. The Balaban J connectivity index is 2.14. The van der Waals surface area contributed by atoms with Gasteiger partial charge in [-0.2, -0.15) is 0 Å². The molecule has 3 nitrogen and oxygen atoms in total. The van der Waals surface area contributed by atoms with E-state index in [9.17, 15) is 0 Å². The van der Waals surface area contributed by atoms with E-state index < -0.39 is 0 Å². The van der Waals surface area contributed by atoms with Gasteiger partial charge in [0, 0.05) is 11.9 Å². The highest BCUT2D eigenvalue weighted by atomic mass is 15.2. The summed E-state index contributed by atoms with van der Waals surface area (Å²) in [7, 11) is 0. The van der Waals surface area contributed by atoms with Gasteiger partial charge in [-0.1, -0.05) is 48.5 Å². The predicted molar refractivity (Wildman–Crippen MR) is 82.1 cm³/mol. The molecule has 0 bridgehead atoms. The highest BCUT2D eigenvalue weighted by Crippen LogP contribution is 2.28. The van der Waals surface area contributed by atoms with Crippen LogP contribution >= 0.6 is 0 Å². The molecule has 0 saturated heterocycles. The van der Waals surface area contributed by atoms with Gasteiger partial charge in [0.15, 0.2) is 0 Å². The van der Waals surface area contributed by atoms with Crippen LogP contribution in [0, 0.1) is 6.92 Å². The van der Waals surface area contributed by atoms with E-state index in [2.05, 4.69) is 46.8 Å². The molecule has 3 N–H and O–H groups in total. The van der Waals surface area contributed by atoms with E-state index in [1.165, 1.54) is 10.8 Å². The molecule has 2 aromatic carbocycles. The lowest BCUT2D eigenvalue weighted by molar-refractivity contribution is 0.638. The topological polar surface area (TPSA) is 50.9 Å². The first-order chi connectivity index (χ1) is 9.79. The van der Waals surface area contributed by atoms with Crippen molar-refractivity contribution < 1.29 is 0 Å². The largest absolute Gasteiger partial charge is 0.271 e. The van der Waals surface area contributed by atoms with Crippen molar-refractivity contribution in [3.8, 4) is 0 Å². The summed E-state index contributed by atoms with van der Waals surface area (Å²) < 4.78 is 0. The van der Waals surface area contributed by atoms with Gasteiger partial charge >= 0.3 is 0 Å². The molecular weight excluding hydrogens is 246 g/mol. The Morgan fingerprint density at radius 3 is 2.55 bits per heavy atom. The molecular formula is C17H17N3. The molecule has 1 unspecified atom stereocenters. The maximum atomic E-state index is 5.79. The number of pyridine rings is 1. The van der Waals surface area contributed by atoms with Crippen LogP contribution < -0.4 is 11.3 Å². The van der Waals surface area contributed by atoms with Crippen molar-refractivity contribution >= 4 is 10.8 Å². The maximum absolute atomic E-state index is 5.79. The summed E-state index contributed by atoms with van der Waals surface area (Å²) in [6.45, 7) is 1.98. The summed E-state index contributed by atoms with van der Waals surface area (Å²) in [4.78, 5) is 4.36. The lowest BCUT2D eigenvalue weighted by atomic mass is 9.95. The molecule has 20 heavy (non-hydrogen) atoms. The Hall–Kier alpha value is -2.23. The molecule has 1 atom stereocenters. The van der Waals surface area contributed by atoms with Crippen molar-refractivity contribution in [2.24, 2.45) is 5.84 Å². The predicted octanol–water partition coefficient (Wildman–Crippen LogP) is 3.10. The maximum Gasteiger partial charge on any atom is 0.0730 e. The number of hydrogen-bond donors (Lipinski definition) is 2. The molecule has 0 aliphatic rings. The van der Waals surface area contributed by atoms with Gasteiger partial charge in [0.2, 0.25) is 0 Å². The quantitative estimate of drug-likeness (QED) is 0.564. The minimum Gasteiger partial charge on any atom is -0.271 e. The van der Waals surface area contributed by atoms with Crippen molar-refractivity contribution in [3.05, 3.63) is 77.6 Å². The van der Waals surface area contributed by atoms with E-state index in [0.717, 1.165) is 16.8 Å². The second-order valence-corrected chi connectivity index (χ2v) is 4.90. The first-order valence-electron chi connectivity index (χ1n) is 6.66. The third-order valence-electron chi connectivity index (χ3n) is 3.57. The Bertz CT molecular complexity index is 714. The summed E-state index contributed by atoms with van der Waals surface area (Å²) in [6, 6.07) is 18.6. The number of nitrogens with zero attached hydrogens (tertiary/aromatic N) is 1. The van der Waals surface area contributed by atoms with Crippen LogP contribution in [-0.4, -0.2) is 4.98 Å². The molecule has 0 radical (unpaired) electrons. The number of fused-ring (bicyclic) bond motifs is 1. The average molecular weight is 263 g/mol. The normalized spacial score (nSPS) is 12.5. The standard InChI is InChI=1S/C17H17N3/c1-12-9-10-14(11-19-12)17(20-18)16-8-4-6-13-5-2-3-7-15(13)16/h2-11,17,20H,18H2,1H3. The summed E-state index contributed by atoms with van der Waals surface area (Å²) >= 11 is 0. The first-order valence-corrected chi connectivity index (χ1v) is 6.66. The van der Waals surface area contributed by atoms with Crippen molar-refractivity contribution in [1.82, 2.24) is 10.4 Å². The molecule has 0 aliphatic heterocycles. The highest BCUT2D eigenvalue weighted by molar-refractivity contribution is 5.86. The number of hydrogen-bond acceptors (Lipinski definition) is 3. The molecule has 0 saturated carbocycles. The van der Waals surface area contributed by atoms with Gasteiger partial charge < -0.3 is 0 Å². The zero-order valence-electron chi connectivity index (χ0n) is 11.4. The van der Waals surface area contributed by atoms with Crippen LogP contribution in [-0.2, 0) is 0 Å². The molecule has 0 aliphatic carbocycles. The van der Waals surface area contributed by atoms with Crippen LogP contribution in [0.15, 0.2) is 60.8 Å². The fourth-order valence-corrected chi connectivity index (χ4v) is 2.52. The molecule has 3 heteroatoms. The molecule has 3 rings (SSSR count). The second kappa shape index (κ2) is 5.41. The highest BCUT2D eigenvalue weighted by Gasteiger charge is 2.15. The van der Waals surface area contributed by atoms with Crippen molar-refractivity contribution in [3.63, 3.8) is 0 Å². The number of hydrazine groups is 1. The van der Waals surface area contributed by atoms with Gasteiger partial charge in [0.25, 0.3) is 0 Å². The van der Waals surface area contributed by atoms with Crippen molar-refractivity contribution in [1.29, 1.82) is 0 Å². The number of benzene rings is 2. The molecule has 0 spiro atoms. The van der Waals surface area contributed by atoms with Gasteiger partial charge in [-0.25, -0.2) is 5.43 Å². The molecule has 1 heterocycles. The fraction of sp³-hybridized carbons (Fsp3) is 0.118. The van der Waals surface area contributed by atoms with Gasteiger partial charge in [0.05, 0.1) is 6.04 Å². The Labute approximate surface area is 118 Å². The van der Waals surface area contributed by atoms with E-state index in [0.29, 0.717) is 0 Å². The zero-order chi connectivity index (χ0) is 13.9. The van der Waals surface area contributed by atoms with Crippen LogP contribution in [0.2, 0.25) is 0 Å². The third kappa shape index (κ3) is 2.29. The second-order valence-electron chi connectivity index (χ2n) is 4.90. The van der Waals surface area contributed by atoms with E-state index in [1.807, 2.05) is 31.3 Å². The van der Waals surface area contributed by atoms with E-state index in [4.69, 9.17) is 5.84 Å². The smallest absolute Gasteiger partial charge is 0.0730 e. The Morgan fingerprint density at radius 2 is 1.80 bits per heavy atom. The molecule has 0 fully saturated rings. The summed E-state index contributed by atoms with van der Waals surface area (Å²) in [5.41, 5.74) is 6.14. The lowest BCUT2D eigenvalue weighted by Gasteiger charge is -2.18. The minimum atomic E-state index is -0.0609. The Kier molecular flexibility index (Phi) is 3.46. The third-order valence-corrected chi connectivity index (χ3v) is 3.57. The van der Waals surface area contributed by atoms with E-state index in [1.54, 1.807) is 0 Å². The van der Waals surface area contributed by atoms with Crippen LogP contribution in [0.4, 0.5) is 0 Å². The minimum absolute atomic E-state index is 0.0609. The average Bonchev–Trinajstić information content (AvgIpc) is 2.50. The van der Waals surface area contributed by atoms with Gasteiger partial charge in [-0.15, -0.1) is 0 Å².